The zero-order valence-corrected chi connectivity index (χ0v) is 19.2. The topological polar surface area (TPSA) is 95.6 Å². The number of sulfonamides is 1. The number of carbonyl (C=O) groups is 2. The summed E-state index contributed by atoms with van der Waals surface area (Å²) in [6.45, 7) is 1.54. The summed E-state index contributed by atoms with van der Waals surface area (Å²) >= 11 is 0. The van der Waals surface area contributed by atoms with Crippen LogP contribution in [0.4, 0.5) is 15.8 Å². The molecule has 0 spiro atoms. The Bertz CT molecular complexity index is 1290. The zero-order valence-electron chi connectivity index (χ0n) is 18.4. The number of halogens is 1. The lowest BCUT2D eigenvalue weighted by atomic mass is 10.1. The largest absolute Gasteiger partial charge is 0.349 e. The molecule has 3 aromatic carbocycles. The Morgan fingerprint density at radius 2 is 1.64 bits per heavy atom. The summed E-state index contributed by atoms with van der Waals surface area (Å²) in [5.74, 6) is -1.09. The number of aryl methyl sites for hydroxylation is 1. The Balaban J connectivity index is 1.70. The van der Waals surface area contributed by atoms with Crippen molar-refractivity contribution in [1.29, 1.82) is 0 Å². The number of nitrogens with zero attached hydrogens (tertiary/aromatic N) is 1. The zero-order chi connectivity index (χ0) is 24.2. The van der Waals surface area contributed by atoms with E-state index in [1.54, 1.807) is 50.5 Å². The first-order valence-electron chi connectivity index (χ1n) is 10.0. The SMILES string of the molecule is Cc1ccc(S(=O)(=O)Nc2cccc(C(=O)Nc3ccc(CC(=O)N(C)C)cc3)c2)cc1F. The lowest BCUT2D eigenvalue weighted by Crippen LogP contribution is -2.23. The summed E-state index contributed by atoms with van der Waals surface area (Å²) in [6, 6.07) is 16.5. The molecule has 9 heteroatoms. The molecule has 3 rings (SSSR count). The lowest BCUT2D eigenvalue weighted by molar-refractivity contribution is -0.127. The van der Waals surface area contributed by atoms with Crippen LogP contribution < -0.4 is 10.0 Å². The van der Waals surface area contributed by atoms with Gasteiger partial charge in [0.05, 0.1) is 11.3 Å². The molecule has 0 heterocycles. The second kappa shape index (κ2) is 9.83. The van der Waals surface area contributed by atoms with Gasteiger partial charge in [0.15, 0.2) is 0 Å². The van der Waals surface area contributed by atoms with Crippen molar-refractivity contribution in [3.8, 4) is 0 Å². The van der Waals surface area contributed by atoms with Crippen molar-refractivity contribution in [2.24, 2.45) is 0 Å². The fourth-order valence-electron chi connectivity index (χ4n) is 2.92. The van der Waals surface area contributed by atoms with Crippen LogP contribution in [0.25, 0.3) is 0 Å². The van der Waals surface area contributed by atoms with E-state index in [9.17, 15) is 22.4 Å². The molecule has 33 heavy (non-hydrogen) atoms. The van der Waals surface area contributed by atoms with Gasteiger partial charge in [0.25, 0.3) is 15.9 Å². The van der Waals surface area contributed by atoms with Gasteiger partial charge in [-0.05, 0) is 60.5 Å². The second-order valence-electron chi connectivity index (χ2n) is 7.71. The van der Waals surface area contributed by atoms with E-state index in [2.05, 4.69) is 10.0 Å². The first-order chi connectivity index (χ1) is 15.5. The van der Waals surface area contributed by atoms with E-state index >= 15 is 0 Å². The molecule has 172 valence electrons. The minimum absolute atomic E-state index is 0.0283. The van der Waals surface area contributed by atoms with Gasteiger partial charge >= 0.3 is 0 Å². The molecule has 2 amide bonds. The van der Waals surface area contributed by atoms with Crippen LogP contribution in [0, 0.1) is 12.7 Å². The molecule has 7 nitrogen and oxygen atoms in total. The maximum Gasteiger partial charge on any atom is 0.261 e. The molecule has 0 unspecified atom stereocenters. The summed E-state index contributed by atoms with van der Waals surface area (Å²) in [4.78, 5) is 25.7. The van der Waals surface area contributed by atoms with Crippen LogP contribution in [0.2, 0.25) is 0 Å². The van der Waals surface area contributed by atoms with Gasteiger partial charge in [0, 0.05) is 31.0 Å². The van der Waals surface area contributed by atoms with Gasteiger partial charge in [-0.25, -0.2) is 12.8 Å². The highest BCUT2D eigenvalue weighted by atomic mass is 32.2. The van der Waals surface area contributed by atoms with Crippen molar-refractivity contribution in [3.05, 3.63) is 89.2 Å². The summed E-state index contributed by atoms with van der Waals surface area (Å²) in [5.41, 5.74) is 2.08. The van der Waals surface area contributed by atoms with E-state index in [1.165, 1.54) is 36.1 Å². The van der Waals surface area contributed by atoms with E-state index in [1.807, 2.05) is 0 Å². The molecule has 0 bridgehead atoms. The van der Waals surface area contributed by atoms with Gasteiger partial charge in [-0.1, -0.05) is 24.3 Å². The van der Waals surface area contributed by atoms with Gasteiger partial charge in [-0.2, -0.15) is 0 Å². The molecule has 0 atom stereocenters. The third kappa shape index (κ3) is 6.17. The standard InChI is InChI=1S/C24H24FN3O4S/c1-16-7-12-21(15-22(16)25)33(31,32)27-20-6-4-5-18(14-20)24(30)26-19-10-8-17(9-11-19)13-23(29)28(2)3/h4-12,14-15,27H,13H2,1-3H3,(H,26,30). The van der Waals surface area contributed by atoms with E-state index in [0.717, 1.165) is 11.6 Å². The Morgan fingerprint density at radius 3 is 2.27 bits per heavy atom. The van der Waals surface area contributed by atoms with Crippen molar-refractivity contribution >= 4 is 33.2 Å². The number of carbonyl (C=O) groups excluding carboxylic acids is 2. The molecule has 0 saturated carbocycles. The predicted octanol–water partition coefficient (Wildman–Crippen LogP) is 3.82. The normalized spacial score (nSPS) is 11.0. The van der Waals surface area contributed by atoms with Crippen molar-refractivity contribution in [3.63, 3.8) is 0 Å². The van der Waals surface area contributed by atoms with Crippen LogP contribution in [-0.4, -0.2) is 39.2 Å². The van der Waals surface area contributed by atoms with Crippen LogP contribution in [0.1, 0.15) is 21.5 Å². The second-order valence-corrected chi connectivity index (χ2v) is 9.40. The molecule has 2 N–H and O–H groups in total. The molecule has 3 aromatic rings. The smallest absolute Gasteiger partial charge is 0.261 e. The third-order valence-corrected chi connectivity index (χ3v) is 6.28. The fraction of sp³-hybridized carbons (Fsp3) is 0.167. The maximum absolute atomic E-state index is 13.8. The highest BCUT2D eigenvalue weighted by Crippen LogP contribution is 2.20. The van der Waals surface area contributed by atoms with Crippen LogP contribution in [0.15, 0.2) is 71.6 Å². The number of hydrogen-bond acceptors (Lipinski definition) is 4. The summed E-state index contributed by atoms with van der Waals surface area (Å²) in [7, 11) is -0.658. The molecule has 0 aromatic heterocycles. The minimum Gasteiger partial charge on any atom is -0.349 e. The summed E-state index contributed by atoms with van der Waals surface area (Å²) < 4.78 is 41.3. The highest BCUT2D eigenvalue weighted by Gasteiger charge is 2.17. The van der Waals surface area contributed by atoms with Crippen LogP contribution in [-0.2, 0) is 21.2 Å². The first-order valence-corrected chi connectivity index (χ1v) is 11.5. The lowest BCUT2D eigenvalue weighted by Gasteiger charge is -2.12. The van der Waals surface area contributed by atoms with E-state index < -0.39 is 21.7 Å². The molecular formula is C24H24FN3O4S. The monoisotopic (exact) mass is 469 g/mol. The van der Waals surface area contributed by atoms with E-state index in [0.29, 0.717) is 11.3 Å². The molecule has 0 saturated heterocycles. The van der Waals surface area contributed by atoms with Crippen molar-refractivity contribution in [2.75, 3.05) is 24.1 Å². The number of anilines is 2. The van der Waals surface area contributed by atoms with Gasteiger partial charge in [0.1, 0.15) is 5.82 Å². The Morgan fingerprint density at radius 1 is 0.939 bits per heavy atom. The average molecular weight is 470 g/mol. The number of rotatable bonds is 7. The van der Waals surface area contributed by atoms with Crippen molar-refractivity contribution < 1.29 is 22.4 Å². The molecule has 0 radical (unpaired) electrons. The summed E-state index contributed by atoms with van der Waals surface area (Å²) in [5, 5.41) is 2.74. The Hall–Kier alpha value is -3.72. The van der Waals surface area contributed by atoms with Crippen molar-refractivity contribution in [2.45, 2.75) is 18.2 Å². The first kappa shape index (κ1) is 23.9. The van der Waals surface area contributed by atoms with Gasteiger partial charge < -0.3 is 10.2 Å². The molecular weight excluding hydrogens is 445 g/mol. The third-order valence-electron chi connectivity index (χ3n) is 4.90. The van der Waals surface area contributed by atoms with E-state index in [-0.39, 0.29) is 28.5 Å². The average Bonchev–Trinajstić information content (AvgIpc) is 2.76. The Labute approximate surface area is 192 Å². The minimum atomic E-state index is -4.03. The molecule has 0 aliphatic heterocycles. The molecule has 0 aliphatic rings. The number of hydrogen-bond donors (Lipinski definition) is 2. The number of nitrogens with one attached hydrogen (secondary N) is 2. The molecule has 0 fully saturated rings. The van der Waals surface area contributed by atoms with Gasteiger partial charge in [-0.3, -0.25) is 14.3 Å². The van der Waals surface area contributed by atoms with E-state index in [4.69, 9.17) is 0 Å². The van der Waals surface area contributed by atoms with Crippen LogP contribution >= 0.6 is 0 Å². The predicted molar refractivity (Wildman–Crippen MR) is 125 cm³/mol. The number of benzene rings is 3. The van der Waals surface area contributed by atoms with Crippen LogP contribution in [0.5, 0.6) is 0 Å². The van der Waals surface area contributed by atoms with Crippen LogP contribution in [0.3, 0.4) is 0 Å². The molecule has 0 aliphatic carbocycles. The van der Waals surface area contributed by atoms with Gasteiger partial charge in [-0.15, -0.1) is 0 Å². The summed E-state index contributed by atoms with van der Waals surface area (Å²) in [6.07, 6.45) is 0.258. The quantitative estimate of drug-likeness (QED) is 0.550. The Kier molecular flexibility index (Phi) is 7.13. The fourth-order valence-corrected chi connectivity index (χ4v) is 3.98. The van der Waals surface area contributed by atoms with Gasteiger partial charge in [0.2, 0.25) is 5.91 Å². The van der Waals surface area contributed by atoms with Crippen molar-refractivity contribution in [1.82, 2.24) is 4.90 Å². The number of likely N-dealkylation sites (N-methyl/N-ethyl adjacent to an activating group) is 1. The maximum atomic E-state index is 13.8. The number of amides is 2. The highest BCUT2D eigenvalue weighted by molar-refractivity contribution is 7.92.